The molecular formula is C46H67N7O8. The lowest BCUT2D eigenvalue weighted by Gasteiger charge is -2.35. The molecule has 5 rings (SSSR count). The Bertz CT molecular complexity index is 1940. The van der Waals surface area contributed by atoms with Gasteiger partial charge in [-0.2, -0.15) is 0 Å². The van der Waals surface area contributed by atoms with Crippen LogP contribution in [0.25, 0.3) is 11.3 Å². The van der Waals surface area contributed by atoms with Crippen molar-refractivity contribution in [3.63, 3.8) is 0 Å². The molecule has 0 unspecified atom stereocenters. The molecule has 0 bridgehead atoms. The van der Waals surface area contributed by atoms with Gasteiger partial charge in [-0.05, 0) is 143 Å². The van der Waals surface area contributed by atoms with Crippen LogP contribution in [-0.4, -0.2) is 114 Å². The van der Waals surface area contributed by atoms with Crippen LogP contribution < -0.4 is 20.3 Å². The first-order valence-corrected chi connectivity index (χ1v) is 21.4. The largest absolute Gasteiger partial charge is 0.496 e. The fraction of sp³-hybridized carbons (Fsp3) is 0.587. The van der Waals surface area contributed by atoms with Gasteiger partial charge in [0.05, 0.1) is 38.5 Å². The van der Waals surface area contributed by atoms with E-state index in [0.29, 0.717) is 50.1 Å². The first-order valence-electron chi connectivity index (χ1n) is 21.4. The van der Waals surface area contributed by atoms with Crippen molar-refractivity contribution < 1.29 is 38.1 Å². The highest BCUT2D eigenvalue weighted by Gasteiger charge is 2.30. The number of aromatic nitrogens is 2. The van der Waals surface area contributed by atoms with Gasteiger partial charge in [0.2, 0.25) is 5.95 Å². The number of rotatable bonds is 14. The second-order valence-corrected chi connectivity index (χ2v) is 18.6. The Labute approximate surface area is 361 Å². The number of carbonyl (C=O) groups excluding carboxylic acids is 3. The van der Waals surface area contributed by atoms with Gasteiger partial charge >= 0.3 is 18.2 Å². The third-order valence-corrected chi connectivity index (χ3v) is 9.93. The number of hydrogen-bond donors (Lipinski definition) is 2. The Morgan fingerprint density at radius 1 is 0.836 bits per heavy atom. The predicted molar refractivity (Wildman–Crippen MR) is 236 cm³/mol. The molecule has 15 heteroatoms. The molecular weight excluding hydrogens is 779 g/mol. The quantitative estimate of drug-likeness (QED) is 0.0917. The number of hydrogen-bond acceptors (Lipinski definition) is 13. The zero-order valence-electron chi connectivity index (χ0n) is 37.9. The Morgan fingerprint density at radius 2 is 1.52 bits per heavy atom. The van der Waals surface area contributed by atoms with E-state index >= 15 is 0 Å². The number of anilines is 3. The van der Waals surface area contributed by atoms with E-state index in [2.05, 4.69) is 43.6 Å². The lowest BCUT2D eigenvalue weighted by molar-refractivity contribution is -0.161. The Kier molecular flexibility index (Phi) is 15.8. The molecule has 2 saturated heterocycles. The van der Waals surface area contributed by atoms with Crippen LogP contribution in [-0.2, 0) is 36.8 Å². The molecule has 0 aliphatic carbocycles. The van der Waals surface area contributed by atoms with Gasteiger partial charge in [-0.1, -0.05) is 0 Å². The summed E-state index contributed by atoms with van der Waals surface area (Å²) in [5.41, 5.74) is 3.65. The molecule has 0 spiro atoms. The highest BCUT2D eigenvalue weighted by atomic mass is 16.6. The van der Waals surface area contributed by atoms with E-state index in [0.717, 1.165) is 62.4 Å². The average molecular weight is 846 g/mol. The van der Waals surface area contributed by atoms with Crippen molar-refractivity contribution in [2.75, 3.05) is 69.8 Å². The number of benzene rings is 2. The maximum Gasteiger partial charge on any atom is 0.410 e. The van der Waals surface area contributed by atoms with Crippen LogP contribution in [0.3, 0.4) is 0 Å². The van der Waals surface area contributed by atoms with Crippen molar-refractivity contribution in [2.45, 2.75) is 111 Å². The Morgan fingerprint density at radius 3 is 2.18 bits per heavy atom. The average Bonchev–Trinajstić information content (AvgIpc) is 3.18. The van der Waals surface area contributed by atoms with Crippen LogP contribution >= 0.6 is 0 Å². The number of alkyl carbamates (subject to hydrolysis) is 1. The minimum atomic E-state index is -0.704. The number of nitrogens with zero attached hydrogens (tertiary/aromatic N) is 5. The number of ether oxygens (including phenoxy) is 5. The van der Waals surface area contributed by atoms with E-state index in [1.54, 1.807) is 18.2 Å². The van der Waals surface area contributed by atoms with Crippen molar-refractivity contribution in [1.29, 1.82) is 0 Å². The van der Waals surface area contributed by atoms with Gasteiger partial charge < -0.3 is 44.1 Å². The fourth-order valence-corrected chi connectivity index (χ4v) is 7.17. The second-order valence-electron chi connectivity index (χ2n) is 18.6. The number of amides is 2. The highest BCUT2D eigenvalue weighted by Crippen LogP contribution is 2.32. The summed E-state index contributed by atoms with van der Waals surface area (Å²) in [6.45, 7) is 22.8. The van der Waals surface area contributed by atoms with Crippen LogP contribution in [0, 0.1) is 5.92 Å². The van der Waals surface area contributed by atoms with Crippen molar-refractivity contribution in [3.8, 4) is 17.0 Å². The topological polar surface area (TPSA) is 157 Å². The van der Waals surface area contributed by atoms with Crippen LogP contribution in [0.5, 0.6) is 5.75 Å². The van der Waals surface area contributed by atoms with Crippen LogP contribution in [0.4, 0.5) is 26.9 Å². The molecule has 3 heterocycles. The first kappa shape index (κ1) is 46.9. The van der Waals surface area contributed by atoms with E-state index < -0.39 is 29.0 Å². The molecule has 61 heavy (non-hydrogen) atoms. The molecule has 2 fully saturated rings. The van der Waals surface area contributed by atoms with Crippen LogP contribution in [0.1, 0.15) is 92.7 Å². The highest BCUT2D eigenvalue weighted by molar-refractivity contribution is 5.73. The van der Waals surface area contributed by atoms with Gasteiger partial charge in [0.15, 0.2) is 0 Å². The maximum atomic E-state index is 13.5. The van der Waals surface area contributed by atoms with Crippen molar-refractivity contribution in [1.82, 2.24) is 25.1 Å². The van der Waals surface area contributed by atoms with Gasteiger partial charge in [0.25, 0.3) is 0 Å². The second kappa shape index (κ2) is 20.6. The van der Waals surface area contributed by atoms with Crippen molar-refractivity contribution >= 4 is 35.5 Å². The molecule has 2 N–H and O–H groups in total. The van der Waals surface area contributed by atoms with Crippen LogP contribution in [0.15, 0.2) is 48.7 Å². The minimum Gasteiger partial charge on any atom is -0.496 e. The normalized spacial score (nSPS) is 15.5. The monoisotopic (exact) mass is 846 g/mol. The van der Waals surface area contributed by atoms with Crippen LogP contribution in [0.2, 0.25) is 0 Å². The summed E-state index contributed by atoms with van der Waals surface area (Å²) in [4.78, 5) is 54.4. The van der Waals surface area contributed by atoms with Crippen molar-refractivity contribution in [3.05, 3.63) is 59.8 Å². The number of nitrogens with one attached hydrogen (secondary N) is 2. The smallest absolute Gasteiger partial charge is 0.410 e. The molecule has 334 valence electrons. The number of esters is 1. The summed E-state index contributed by atoms with van der Waals surface area (Å²) in [7, 11) is 1.60. The Balaban J connectivity index is 1.32. The zero-order chi connectivity index (χ0) is 44.4. The third kappa shape index (κ3) is 15.1. The van der Waals surface area contributed by atoms with Gasteiger partial charge in [-0.25, -0.2) is 19.6 Å². The van der Waals surface area contributed by atoms with E-state index in [4.69, 9.17) is 28.7 Å². The van der Waals surface area contributed by atoms with E-state index in [1.807, 2.05) is 86.6 Å². The third-order valence-electron chi connectivity index (χ3n) is 9.93. The molecule has 3 aromatic rings. The molecule has 2 aromatic carbocycles. The number of likely N-dealkylation sites (tertiary alicyclic amines) is 1. The molecule has 2 amide bonds. The van der Waals surface area contributed by atoms with Gasteiger partial charge in [-0.3, -0.25) is 9.69 Å². The van der Waals surface area contributed by atoms with Gasteiger partial charge in [0.1, 0.15) is 22.6 Å². The Hall–Kier alpha value is -5.15. The molecule has 0 saturated carbocycles. The summed E-state index contributed by atoms with van der Waals surface area (Å²) in [5.74, 6) is 0.853. The summed E-state index contributed by atoms with van der Waals surface area (Å²) in [6, 6.07) is 14.0. The summed E-state index contributed by atoms with van der Waals surface area (Å²) < 4.78 is 28.2. The lowest BCUT2D eigenvalue weighted by Crippen LogP contribution is -2.39. The first-order chi connectivity index (χ1) is 28.7. The van der Waals surface area contributed by atoms with Gasteiger partial charge in [-0.15, -0.1) is 0 Å². The predicted octanol–water partition coefficient (Wildman–Crippen LogP) is 7.94. The lowest BCUT2D eigenvalue weighted by atomic mass is 9.96. The molecule has 0 radical (unpaired) electrons. The number of methoxy groups -OCH3 is 1. The molecule has 1 aromatic heterocycles. The maximum absolute atomic E-state index is 13.5. The number of piperidine rings is 1. The SMILES string of the molecule is COc1ccc(-c2ccnc(Nc3ccc(N4CCOCC4)c(CN4CCC(C(=O)OC(C)(C)C)CC4)c3)n2)cc1CN(CCCNC(=O)OC(C)(C)C)C(=O)OC(C)(C)C. The van der Waals surface area contributed by atoms with Crippen molar-refractivity contribution in [2.24, 2.45) is 5.92 Å². The number of carbonyl (C=O) groups is 3. The standard InChI is InChI=1S/C46H67N7O8/c1-44(2,3)59-40(54)32-17-22-51(23-18-32)30-34-29-36(13-14-38(34)52-24-26-58-27-25-52)49-41-47-20-16-37(50-41)33-12-15-39(57-10)35(28-33)31-53(43(56)61-46(7,8)9)21-11-19-48-42(55)60-45(4,5)6/h12-16,20,28-29,32H,11,17-19,21-27,30-31H2,1-10H3,(H,48,55)(H,47,49,50). The molecule has 2 aliphatic heterocycles. The van der Waals surface area contributed by atoms with Gasteiger partial charge in [0, 0.05) is 61.4 Å². The molecule has 0 atom stereocenters. The summed E-state index contributed by atoms with van der Waals surface area (Å²) in [6.07, 6.45) is 2.73. The minimum absolute atomic E-state index is 0.0860. The zero-order valence-corrected chi connectivity index (χ0v) is 37.9. The van der Waals surface area contributed by atoms with E-state index in [1.165, 1.54) is 11.3 Å². The fourth-order valence-electron chi connectivity index (χ4n) is 7.17. The number of morpholine rings is 1. The van der Waals surface area contributed by atoms with E-state index in [9.17, 15) is 14.4 Å². The molecule has 2 aliphatic rings. The van der Waals surface area contributed by atoms with E-state index in [-0.39, 0.29) is 18.4 Å². The summed E-state index contributed by atoms with van der Waals surface area (Å²) >= 11 is 0. The summed E-state index contributed by atoms with van der Waals surface area (Å²) in [5, 5.41) is 6.21. The molecule has 15 nitrogen and oxygen atoms in total.